The highest BCUT2D eigenvalue weighted by atomic mass is 31.2. The molecule has 0 aromatic rings. The van der Waals surface area contributed by atoms with E-state index in [1.165, 1.54) is 0 Å². The van der Waals surface area contributed by atoms with Crippen LogP contribution in [0.3, 0.4) is 0 Å². The normalized spacial score (nSPS) is 23.5. The molecule has 0 N–H and O–H groups in total. The van der Waals surface area contributed by atoms with Crippen molar-refractivity contribution in [1.29, 1.82) is 0 Å². The maximum absolute atomic E-state index is 13.7. The van der Waals surface area contributed by atoms with Crippen LogP contribution in [-0.4, -0.2) is 67.8 Å². The highest BCUT2D eigenvalue weighted by Gasteiger charge is 2.52. The second-order valence-corrected chi connectivity index (χ2v) is 13.0. The molecule has 1 aliphatic carbocycles. The minimum absolute atomic E-state index is 0.0338. The van der Waals surface area contributed by atoms with Crippen LogP contribution in [0.1, 0.15) is 75.7 Å². The summed E-state index contributed by atoms with van der Waals surface area (Å²) in [5, 5.41) is 0. The molecule has 230 valence electrons. The van der Waals surface area contributed by atoms with Gasteiger partial charge >= 0.3 is 37.7 Å². The van der Waals surface area contributed by atoms with Crippen LogP contribution in [0.25, 0.3) is 0 Å². The SMILES string of the molecule is CC(=O)O[C@@H]1[C@H](OC(C)=O)[C@H](C)C[C@H](OP(=O)(OCOC(=O)C(C)(C)C)OCOC(=O)C(C)(C)C)[C@H]1OC(C)=O. The molecule has 1 fully saturated rings. The van der Waals surface area contributed by atoms with Gasteiger partial charge in [0.05, 0.1) is 10.8 Å². The zero-order chi connectivity index (χ0) is 31.1. The average molecular weight is 597 g/mol. The summed E-state index contributed by atoms with van der Waals surface area (Å²) in [6, 6.07) is 0. The molecule has 0 spiro atoms. The maximum Gasteiger partial charge on any atom is 0.481 e. The molecule has 1 rings (SSSR count). The van der Waals surface area contributed by atoms with Crippen molar-refractivity contribution in [2.45, 2.75) is 100 Å². The number of carbonyl (C=O) groups excluding carboxylic acids is 5. The number of phosphoric ester groups is 1. The van der Waals surface area contributed by atoms with Gasteiger partial charge in [-0.15, -0.1) is 0 Å². The largest absolute Gasteiger partial charge is 0.481 e. The third kappa shape index (κ3) is 11.5. The summed E-state index contributed by atoms with van der Waals surface area (Å²) in [6.07, 6.45) is -5.13. The second-order valence-electron chi connectivity index (χ2n) is 11.4. The Kier molecular flexibility index (Phi) is 12.8. The molecule has 1 saturated carbocycles. The third-order valence-electron chi connectivity index (χ3n) is 5.38. The molecule has 0 aromatic heterocycles. The van der Waals surface area contributed by atoms with E-state index in [0.717, 1.165) is 20.8 Å². The number of hydrogen-bond acceptors (Lipinski definition) is 14. The summed E-state index contributed by atoms with van der Waals surface area (Å²) < 4.78 is 55.8. The summed E-state index contributed by atoms with van der Waals surface area (Å²) in [6.45, 7) is 12.8. The Morgan fingerprint density at radius 3 is 1.43 bits per heavy atom. The lowest BCUT2D eigenvalue weighted by Gasteiger charge is -2.43. The van der Waals surface area contributed by atoms with Crippen LogP contribution in [0.15, 0.2) is 0 Å². The van der Waals surface area contributed by atoms with Gasteiger partial charge in [0.15, 0.2) is 12.2 Å². The van der Waals surface area contributed by atoms with Crippen molar-refractivity contribution in [3.05, 3.63) is 0 Å². The lowest BCUT2D eigenvalue weighted by atomic mass is 9.81. The van der Waals surface area contributed by atoms with Gasteiger partial charge in [0.25, 0.3) is 0 Å². The smallest absolute Gasteiger partial charge is 0.458 e. The molecule has 14 nitrogen and oxygen atoms in total. The Morgan fingerprint density at radius 2 is 1.05 bits per heavy atom. The van der Waals surface area contributed by atoms with E-state index in [-0.39, 0.29) is 6.42 Å². The van der Waals surface area contributed by atoms with Crippen molar-refractivity contribution in [2.24, 2.45) is 16.7 Å². The van der Waals surface area contributed by atoms with Crippen LogP contribution < -0.4 is 0 Å². The first-order valence-electron chi connectivity index (χ1n) is 12.6. The van der Waals surface area contributed by atoms with Gasteiger partial charge in [0.1, 0.15) is 12.2 Å². The van der Waals surface area contributed by atoms with Crippen molar-refractivity contribution in [3.8, 4) is 0 Å². The fourth-order valence-corrected chi connectivity index (χ4v) is 4.58. The van der Waals surface area contributed by atoms with Crippen molar-refractivity contribution in [2.75, 3.05) is 13.6 Å². The molecule has 0 radical (unpaired) electrons. The molecule has 0 unspecified atom stereocenters. The average Bonchev–Trinajstić information content (AvgIpc) is 2.76. The minimum atomic E-state index is -4.71. The van der Waals surface area contributed by atoms with E-state index in [1.807, 2.05) is 0 Å². The Hall–Kier alpha value is -2.54. The molecule has 1 aliphatic rings. The molecule has 5 atom stereocenters. The van der Waals surface area contributed by atoms with Crippen LogP contribution in [0.5, 0.6) is 0 Å². The zero-order valence-electron chi connectivity index (χ0n) is 24.7. The lowest BCUT2D eigenvalue weighted by molar-refractivity contribution is -0.211. The van der Waals surface area contributed by atoms with Gasteiger partial charge in [-0.2, -0.15) is 0 Å². The van der Waals surface area contributed by atoms with Gasteiger partial charge in [-0.3, -0.25) is 28.5 Å². The van der Waals surface area contributed by atoms with Crippen molar-refractivity contribution >= 4 is 37.7 Å². The minimum Gasteiger partial charge on any atom is -0.458 e. The molecule has 40 heavy (non-hydrogen) atoms. The molecule has 15 heteroatoms. The summed E-state index contributed by atoms with van der Waals surface area (Å²) in [7, 11) is -4.71. The molecule has 0 bridgehead atoms. The second kappa shape index (κ2) is 14.4. The van der Waals surface area contributed by atoms with Crippen molar-refractivity contribution in [3.63, 3.8) is 0 Å². The Bertz CT molecular complexity index is 943. The quantitative estimate of drug-likeness (QED) is 0.147. The zero-order valence-corrected chi connectivity index (χ0v) is 25.6. The summed E-state index contributed by atoms with van der Waals surface area (Å²) in [5.41, 5.74) is -1.81. The molecular weight excluding hydrogens is 555 g/mol. The summed E-state index contributed by atoms with van der Waals surface area (Å²) in [5.74, 6) is -4.17. The van der Waals surface area contributed by atoms with E-state index in [4.69, 9.17) is 37.3 Å². The fraction of sp³-hybridized carbons (Fsp3) is 0.800. The summed E-state index contributed by atoms with van der Waals surface area (Å²) >= 11 is 0. The number of carbonyl (C=O) groups is 5. The first-order valence-corrected chi connectivity index (χ1v) is 14.1. The van der Waals surface area contributed by atoms with Gasteiger partial charge in [-0.05, 0) is 53.9 Å². The first kappa shape index (κ1) is 35.5. The number of rotatable bonds is 11. The van der Waals surface area contributed by atoms with Gasteiger partial charge in [0, 0.05) is 20.8 Å². The van der Waals surface area contributed by atoms with E-state index in [1.54, 1.807) is 48.5 Å². The number of phosphoric acid groups is 1. The van der Waals surface area contributed by atoms with Gasteiger partial charge < -0.3 is 23.7 Å². The Balaban J connectivity index is 3.32. The van der Waals surface area contributed by atoms with E-state index in [0.29, 0.717) is 0 Å². The number of hydrogen-bond donors (Lipinski definition) is 0. The monoisotopic (exact) mass is 596 g/mol. The van der Waals surface area contributed by atoms with Crippen molar-refractivity contribution < 1.29 is 65.8 Å². The number of ether oxygens (including phenoxy) is 5. The van der Waals surface area contributed by atoms with Crippen LogP contribution >= 0.6 is 7.82 Å². The molecular formula is C25H41O14P. The van der Waals surface area contributed by atoms with E-state index < -0.39 is 92.4 Å². The van der Waals surface area contributed by atoms with E-state index >= 15 is 0 Å². The Labute approximate surface area is 234 Å². The highest BCUT2D eigenvalue weighted by Crippen LogP contribution is 2.53. The molecule has 0 aliphatic heterocycles. The van der Waals surface area contributed by atoms with Crippen LogP contribution in [0.2, 0.25) is 0 Å². The molecule has 0 heterocycles. The Morgan fingerprint density at radius 1 is 0.675 bits per heavy atom. The molecule has 0 aromatic carbocycles. The third-order valence-corrected chi connectivity index (χ3v) is 6.75. The van der Waals surface area contributed by atoms with Gasteiger partial charge in [-0.1, -0.05) is 6.92 Å². The molecule has 0 amide bonds. The van der Waals surface area contributed by atoms with Crippen LogP contribution in [0.4, 0.5) is 0 Å². The first-order chi connectivity index (χ1) is 18.2. The van der Waals surface area contributed by atoms with Crippen LogP contribution in [-0.2, 0) is 65.8 Å². The predicted molar refractivity (Wildman–Crippen MR) is 136 cm³/mol. The number of esters is 5. The van der Waals surface area contributed by atoms with Gasteiger partial charge in [0.2, 0.25) is 13.6 Å². The molecule has 0 saturated heterocycles. The lowest BCUT2D eigenvalue weighted by Crippen LogP contribution is -2.57. The maximum atomic E-state index is 13.7. The highest BCUT2D eigenvalue weighted by molar-refractivity contribution is 7.48. The summed E-state index contributed by atoms with van der Waals surface area (Å²) in [4.78, 5) is 59.9. The topological polar surface area (TPSA) is 176 Å². The van der Waals surface area contributed by atoms with E-state index in [9.17, 15) is 28.5 Å². The fourth-order valence-electron chi connectivity index (χ4n) is 3.48. The van der Waals surface area contributed by atoms with Crippen molar-refractivity contribution in [1.82, 2.24) is 0 Å². The van der Waals surface area contributed by atoms with E-state index in [2.05, 4.69) is 0 Å². The van der Waals surface area contributed by atoms with Crippen LogP contribution in [0, 0.1) is 16.7 Å². The standard InChI is InChI=1S/C25H41O14P/c1-14-11-18(20(37-16(3)27)21(38-17(4)28)19(14)36-15(2)26)39-40(31,34-12-32-22(29)24(5,6)7)35-13-33-23(30)25(8,9)10/h14,18-21H,11-13H2,1-10H3/t14-,18+,19-,20-,21-/m1/s1. The predicted octanol–water partition coefficient (Wildman–Crippen LogP) is 3.44. The van der Waals surface area contributed by atoms with Gasteiger partial charge in [-0.25, -0.2) is 13.6 Å².